The molecule has 1 aliphatic rings. The highest BCUT2D eigenvalue weighted by atomic mass is 16.3. The van der Waals surface area contributed by atoms with Crippen LogP contribution < -0.4 is 0 Å². The Balaban J connectivity index is 0.000000151. The molecule has 0 heterocycles. The summed E-state index contributed by atoms with van der Waals surface area (Å²) in [5.41, 5.74) is 0. The van der Waals surface area contributed by atoms with Gasteiger partial charge in [-0.2, -0.15) is 0 Å². The fourth-order valence-electron chi connectivity index (χ4n) is 1.41. The first kappa shape index (κ1) is 12.0. The van der Waals surface area contributed by atoms with Gasteiger partial charge in [-0.25, -0.2) is 0 Å². The van der Waals surface area contributed by atoms with Crippen molar-refractivity contribution in [3.05, 3.63) is 30.3 Å². The molecular formula is C12H19NO2. The van der Waals surface area contributed by atoms with Gasteiger partial charge in [0.15, 0.2) is 0 Å². The van der Waals surface area contributed by atoms with E-state index in [0.29, 0.717) is 11.8 Å². The van der Waals surface area contributed by atoms with Gasteiger partial charge in [0.05, 0.1) is 6.10 Å². The fourth-order valence-corrected chi connectivity index (χ4v) is 1.41. The van der Waals surface area contributed by atoms with Gasteiger partial charge in [0.25, 0.3) is 0 Å². The zero-order chi connectivity index (χ0) is 11.3. The van der Waals surface area contributed by atoms with E-state index in [2.05, 4.69) is 19.0 Å². The van der Waals surface area contributed by atoms with Crippen molar-refractivity contribution < 1.29 is 10.2 Å². The molecule has 1 aromatic rings. The Morgan fingerprint density at radius 3 is 1.87 bits per heavy atom. The van der Waals surface area contributed by atoms with Crippen LogP contribution in [0.2, 0.25) is 0 Å². The largest absolute Gasteiger partial charge is 0.508 e. The maximum absolute atomic E-state index is 8.84. The summed E-state index contributed by atoms with van der Waals surface area (Å²) in [6, 6.07) is 9.36. The Morgan fingerprint density at radius 2 is 1.67 bits per heavy atom. The van der Waals surface area contributed by atoms with E-state index in [1.807, 2.05) is 6.07 Å². The Kier molecular flexibility index (Phi) is 4.59. The molecule has 3 nitrogen and oxygen atoms in total. The smallest absolute Gasteiger partial charge is 0.115 e. The summed E-state index contributed by atoms with van der Waals surface area (Å²) in [5.74, 6) is 0.322. The van der Waals surface area contributed by atoms with Crippen molar-refractivity contribution in [2.75, 3.05) is 14.1 Å². The minimum atomic E-state index is -0.0117. The van der Waals surface area contributed by atoms with E-state index in [1.54, 1.807) is 24.3 Å². The highest BCUT2D eigenvalue weighted by Crippen LogP contribution is 2.22. The van der Waals surface area contributed by atoms with Gasteiger partial charge < -0.3 is 15.1 Å². The predicted molar refractivity (Wildman–Crippen MR) is 60.8 cm³/mol. The van der Waals surface area contributed by atoms with Crippen LogP contribution in [0.3, 0.4) is 0 Å². The summed E-state index contributed by atoms with van der Waals surface area (Å²) < 4.78 is 0. The first-order valence-electron chi connectivity index (χ1n) is 5.18. The summed E-state index contributed by atoms with van der Waals surface area (Å²) in [7, 11) is 4.10. The number of benzene rings is 1. The Morgan fingerprint density at radius 1 is 1.13 bits per heavy atom. The Hall–Kier alpha value is -1.06. The maximum Gasteiger partial charge on any atom is 0.115 e. The molecule has 0 saturated heterocycles. The summed E-state index contributed by atoms with van der Waals surface area (Å²) in [5, 5.41) is 17.5. The molecule has 0 amide bonds. The number of nitrogens with zero attached hydrogens (tertiary/aromatic N) is 1. The molecular weight excluding hydrogens is 190 g/mol. The number of phenolic OH excluding ortho intramolecular Hbond substituents is 1. The van der Waals surface area contributed by atoms with Crippen molar-refractivity contribution in [1.29, 1.82) is 0 Å². The lowest BCUT2D eigenvalue weighted by atomic mass is 9.89. The van der Waals surface area contributed by atoms with Crippen LogP contribution in [0.15, 0.2) is 30.3 Å². The molecule has 0 unspecified atom stereocenters. The highest BCUT2D eigenvalue weighted by molar-refractivity contribution is 5.18. The van der Waals surface area contributed by atoms with E-state index in [9.17, 15) is 0 Å². The van der Waals surface area contributed by atoms with Crippen LogP contribution in [0, 0.1) is 0 Å². The second-order valence-electron chi connectivity index (χ2n) is 4.08. The lowest BCUT2D eigenvalue weighted by molar-refractivity contribution is 0.0219. The van der Waals surface area contributed by atoms with Crippen molar-refractivity contribution in [3.63, 3.8) is 0 Å². The molecule has 2 rings (SSSR count). The molecule has 15 heavy (non-hydrogen) atoms. The summed E-state index contributed by atoms with van der Waals surface area (Å²) in [4.78, 5) is 2.16. The molecule has 2 N–H and O–H groups in total. The predicted octanol–water partition coefficient (Wildman–Crippen LogP) is 1.46. The molecule has 0 bridgehead atoms. The van der Waals surface area contributed by atoms with Crippen LogP contribution in [0.4, 0.5) is 0 Å². The molecule has 3 heteroatoms. The minimum absolute atomic E-state index is 0.0117. The second kappa shape index (κ2) is 5.73. The highest BCUT2D eigenvalue weighted by Gasteiger charge is 2.28. The van der Waals surface area contributed by atoms with Crippen LogP contribution in [0.1, 0.15) is 12.8 Å². The second-order valence-corrected chi connectivity index (χ2v) is 4.08. The van der Waals surface area contributed by atoms with Gasteiger partial charge in [-0.3, -0.25) is 0 Å². The standard InChI is InChI=1S/C6H13NO.C6H6O/c1-7(2)5-3-6(8)4-5;7-6-4-2-1-3-5-6/h5-6,8H,3-4H2,1-2H3;1-5,7H. The van der Waals surface area contributed by atoms with Crippen LogP contribution >= 0.6 is 0 Å². The molecule has 1 aliphatic carbocycles. The van der Waals surface area contributed by atoms with Gasteiger partial charge in [0, 0.05) is 6.04 Å². The number of rotatable bonds is 1. The van der Waals surface area contributed by atoms with Crippen molar-refractivity contribution >= 4 is 0 Å². The monoisotopic (exact) mass is 209 g/mol. The Bertz CT molecular complexity index is 268. The minimum Gasteiger partial charge on any atom is -0.508 e. The summed E-state index contributed by atoms with van der Waals surface area (Å²) >= 11 is 0. The first-order valence-corrected chi connectivity index (χ1v) is 5.18. The average molecular weight is 209 g/mol. The number of phenols is 1. The van der Waals surface area contributed by atoms with E-state index >= 15 is 0 Å². The number of hydrogen-bond donors (Lipinski definition) is 2. The topological polar surface area (TPSA) is 43.7 Å². The number of para-hydroxylation sites is 1. The van der Waals surface area contributed by atoms with Crippen molar-refractivity contribution in [1.82, 2.24) is 4.90 Å². The van der Waals surface area contributed by atoms with E-state index in [0.717, 1.165) is 12.8 Å². The van der Waals surface area contributed by atoms with E-state index in [4.69, 9.17) is 10.2 Å². The molecule has 0 aromatic heterocycles. The SMILES string of the molecule is CN(C)C1CC(O)C1.Oc1ccccc1. The van der Waals surface area contributed by atoms with Gasteiger partial charge in [-0.05, 0) is 39.1 Å². The van der Waals surface area contributed by atoms with Gasteiger partial charge >= 0.3 is 0 Å². The normalized spacial score (nSPS) is 24.0. The molecule has 0 atom stereocenters. The zero-order valence-electron chi connectivity index (χ0n) is 9.30. The Labute approximate surface area is 91.0 Å². The van der Waals surface area contributed by atoms with E-state index < -0.39 is 0 Å². The van der Waals surface area contributed by atoms with Crippen LogP contribution in [-0.2, 0) is 0 Å². The maximum atomic E-state index is 8.84. The van der Waals surface area contributed by atoms with E-state index in [1.165, 1.54) is 0 Å². The molecule has 1 saturated carbocycles. The molecule has 0 aliphatic heterocycles. The average Bonchev–Trinajstić information content (AvgIpc) is 2.15. The summed E-state index contributed by atoms with van der Waals surface area (Å²) in [6.07, 6.45) is 1.92. The third-order valence-corrected chi connectivity index (χ3v) is 2.57. The first-order chi connectivity index (χ1) is 7.09. The number of aliphatic hydroxyl groups excluding tert-OH is 1. The third kappa shape index (κ3) is 4.32. The molecule has 1 aromatic carbocycles. The van der Waals surface area contributed by atoms with Gasteiger partial charge in [0.1, 0.15) is 5.75 Å². The van der Waals surface area contributed by atoms with E-state index in [-0.39, 0.29) is 6.10 Å². The van der Waals surface area contributed by atoms with Crippen LogP contribution in [0.25, 0.3) is 0 Å². The van der Waals surface area contributed by atoms with Crippen LogP contribution in [-0.4, -0.2) is 41.4 Å². The lowest BCUT2D eigenvalue weighted by Gasteiger charge is -2.36. The number of aromatic hydroxyl groups is 1. The van der Waals surface area contributed by atoms with Gasteiger partial charge in [-0.1, -0.05) is 18.2 Å². The van der Waals surface area contributed by atoms with Crippen molar-refractivity contribution in [3.8, 4) is 5.75 Å². The molecule has 84 valence electrons. The van der Waals surface area contributed by atoms with Crippen molar-refractivity contribution in [2.24, 2.45) is 0 Å². The zero-order valence-corrected chi connectivity index (χ0v) is 9.30. The molecule has 0 radical (unpaired) electrons. The quantitative estimate of drug-likeness (QED) is 0.736. The third-order valence-electron chi connectivity index (χ3n) is 2.57. The number of hydrogen-bond acceptors (Lipinski definition) is 3. The lowest BCUT2D eigenvalue weighted by Crippen LogP contribution is -2.43. The molecule has 0 spiro atoms. The number of aliphatic hydroxyl groups is 1. The summed E-state index contributed by atoms with van der Waals surface area (Å²) in [6.45, 7) is 0. The van der Waals surface area contributed by atoms with Crippen molar-refractivity contribution in [2.45, 2.75) is 25.0 Å². The fraction of sp³-hybridized carbons (Fsp3) is 0.500. The van der Waals surface area contributed by atoms with Crippen LogP contribution in [0.5, 0.6) is 5.75 Å². The molecule has 1 fully saturated rings. The van der Waals surface area contributed by atoms with Gasteiger partial charge in [0.2, 0.25) is 0 Å². The van der Waals surface area contributed by atoms with Gasteiger partial charge in [-0.15, -0.1) is 0 Å².